The van der Waals surface area contributed by atoms with Gasteiger partial charge < -0.3 is 39.4 Å². The Morgan fingerprint density at radius 1 is 1.20 bits per heavy atom. The number of rotatable bonds is 12. The molecule has 41 heavy (non-hydrogen) atoms. The number of aliphatic imine (C=N–C) groups is 1. The number of imidazole rings is 1. The highest BCUT2D eigenvalue weighted by molar-refractivity contribution is 7.89. The Hall–Kier alpha value is -3.85. The van der Waals surface area contributed by atoms with Crippen LogP contribution in [0.1, 0.15) is 19.2 Å². The molecule has 13 nitrogen and oxygen atoms in total. The molecule has 2 heterocycles. The summed E-state index contributed by atoms with van der Waals surface area (Å²) in [6.07, 6.45) is 0.329. The molecule has 2 atom stereocenters. The van der Waals surface area contributed by atoms with Gasteiger partial charge in [-0.25, -0.2) is 18.4 Å². The van der Waals surface area contributed by atoms with Crippen molar-refractivity contribution in [3.8, 4) is 17.2 Å². The molecule has 0 bridgehead atoms. The van der Waals surface area contributed by atoms with Crippen molar-refractivity contribution in [2.24, 2.45) is 12.0 Å². The standard InChI is InChI=1S/C27H37N7O6S/c1-17(35)11-12-40-25-21(13-18(38-5)14-22(25)39-6)30-26-27(29-20-10-8-7-9-19(20)28-26)32-41(36,37)24-16-34(4)23(31-24)15-33(2)3/h7-10,13-14,16-17,27,29,32,35H,11-12,15H2,1-6H3,(H,28,30). The van der Waals surface area contributed by atoms with Crippen molar-refractivity contribution in [3.05, 3.63) is 48.4 Å². The lowest BCUT2D eigenvalue weighted by molar-refractivity contribution is 0.154. The first kappa shape index (κ1) is 30.1. The number of aromatic nitrogens is 2. The zero-order valence-corrected chi connectivity index (χ0v) is 24.8. The van der Waals surface area contributed by atoms with E-state index in [0.717, 1.165) is 0 Å². The van der Waals surface area contributed by atoms with Crippen LogP contribution < -0.4 is 29.6 Å². The zero-order chi connectivity index (χ0) is 29.7. The van der Waals surface area contributed by atoms with Gasteiger partial charge in [0.05, 0.1) is 50.5 Å². The second-order valence-electron chi connectivity index (χ2n) is 9.87. The van der Waals surface area contributed by atoms with Crippen LogP contribution in [0.5, 0.6) is 17.2 Å². The van der Waals surface area contributed by atoms with E-state index in [0.29, 0.717) is 53.1 Å². The van der Waals surface area contributed by atoms with E-state index in [9.17, 15) is 13.5 Å². The van der Waals surface area contributed by atoms with Gasteiger partial charge in [0.25, 0.3) is 10.0 Å². The SMILES string of the molecule is COc1cc(NC2=Nc3ccccc3NC2NS(=O)(=O)c2cn(C)c(CN(C)C)n2)c(OCCC(C)O)c(OC)c1. The lowest BCUT2D eigenvalue weighted by Crippen LogP contribution is -2.50. The van der Waals surface area contributed by atoms with Gasteiger partial charge in [-0.1, -0.05) is 12.1 Å². The quantitative estimate of drug-likeness (QED) is 0.249. The summed E-state index contributed by atoms with van der Waals surface area (Å²) in [5.74, 6) is 2.09. The molecule has 0 radical (unpaired) electrons. The first-order valence-electron chi connectivity index (χ1n) is 13.0. The van der Waals surface area contributed by atoms with Crippen LogP contribution in [0.25, 0.3) is 0 Å². The number of aryl methyl sites for hydroxylation is 1. The number of fused-ring (bicyclic) bond motifs is 1. The van der Waals surface area contributed by atoms with E-state index in [2.05, 4.69) is 20.3 Å². The summed E-state index contributed by atoms with van der Waals surface area (Å²) in [5.41, 5.74) is 1.70. The molecular formula is C27H37N7O6S. The highest BCUT2D eigenvalue weighted by Crippen LogP contribution is 2.40. The predicted molar refractivity (Wildman–Crippen MR) is 157 cm³/mol. The maximum atomic E-state index is 13.5. The number of anilines is 2. The summed E-state index contributed by atoms with van der Waals surface area (Å²) in [4.78, 5) is 11.0. The van der Waals surface area contributed by atoms with Crippen LogP contribution in [0.3, 0.4) is 0 Å². The van der Waals surface area contributed by atoms with Gasteiger partial charge >= 0.3 is 0 Å². The maximum absolute atomic E-state index is 13.5. The fourth-order valence-corrected chi connectivity index (χ4v) is 5.23. The van der Waals surface area contributed by atoms with E-state index >= 15 is 0 Å². The molecule has 14 heteroatoms. The molecule has 0 aliphatic carbocycles. The fourth-order valence-electron chi connectivity index (χ4n) is 4.10. The van der Waals surface area contributed by atoms with Gasteiger partial charge in [-0.05, 0) is 33.2 Å². The van der Waals surface area contributed by atoms with Crippen molar-refractivity contribution < 1.29 is 27.7 Å². The average molecular weight is 588 g/mol. The van der Waals surface area contributed by atoms with Crippen molar-refractivity contribution >= 4 is 32.9 Å². The largest absolute Gasteiger partial charge is 0.497 e. The van der Waals surface area contributed by atoms with E-state index in [4.69, 9.17) is 19.2 Å². The summed E-state index contributed by atoms with van der Waals surface area (Å²) in [6, 6.07) is 10.7. The van der Waals surface area contributed by atoms with Crippen molar-refractivity contribution in [1.29, 1.82) is 0 Å². The molecule has 2 unspecified atom stereocenters. The zero-order valence-electron chi connectivity index (χ0n) is 24.0. The maximum Gasteiger partial charge on any atom is 0.261 e. The summed E-state index contributed by atoms with van der Waals surface area (Å²) in [6.45, 7) is 2.37. The second kappa shape index (κ2) is 12.8. The Morgan fingerprint density at radius 2 is 1.95 bits per heavy atom. The lowest BCUT2D eigenvalue weighted by Gasteiger charge is -2.28. The van der Waals surface area contributed by atoms with Gasteiger partial charge in [0.2, 0.25) is 0 Å². The van der Waals surface area contributed by atoms with Crippen molar-refractivity contribution in [2.45, 2.75) is 37.2 Å². The predicted octanol–water partition coefficient (Wildman–Crippen LogP) is 2.52. The first-order valence-corrected chi connectivity index (χ1v) is 14.5. The summed E-state index contributed by atoms with van der Waals surface area (Å²) < 4.78 is 48.4. The molecule has 0 spiro atoms. The smallest absolute Gasteiger partial charge is 0.261 e. The van der Waals surface area contributed by atoms with Gasteiger partial charge in [-0.15, -0.1) is 0 Å². The topological polar surface area (TPSA) is 152 Å². The number of methoxy groups -OCH3 is 2. The molecule has 1 aliphatic rings. The lowest BCUT2D eigenvalue weighted by atomic mass is 10.2. The molecule has 1 aliphatic heterocycles. The van der Waals surface area contributed by atoms with Gasteiger partial charge in [-0.2, -0.15) is 4.72 Å². The number of nitrogens with one attached hydrogen (secondary N) is 3. The molecule has 0 amide bonds. The molecular weight excluding hydrogens is 550 g/mol. The number of aliphatic hydroxyl groups excluding tert-OH is 1. The fraction of sp³-hybridized carbons (Fsp3) is 0.407. The minimum absolute atomic E-state index is 0.109. The number of sulfonamides is 1. The first-order chi connectivity index (χ1) is 19.5. The number of nitrogens with zero attached hydrogens (tertiary/aromatic N) is 4. The molecule has 4 rings (SSSR count). The summed E-state index contributed by atoms with van der Waals surface area (Å²) in [5, 5.41) is 16.0. The Morgan fingerprint density at radius 3 is 2.63 bits per heavy atom. The molecule has 0 saturated heterocycles. The minimum Gasteiger partial charge on any atom is -0.497 e. The normalized spacial score (nSPS) is 15.5. The second-order valence-corrected chi connectivity index (χ2v) is 11.5. The Balaban J connectivity index is 1.71. The van der Waals surface area contributed by atoms with Gasteiger partial charge in [0.15, 0.2) is 22.7 Å². The highest BCUT2D eigenvalue weighted by Gasteiger charge is 2.31. The monoisotopic (exact) mass is 587 g/mol. The molecule has 0 fully saturated rings. The molecule has 1 aromatic heterocycles. The number of para-hydroxylation sites is 2. The van der Waals surface area contributed by atoms with Crippen molar-refractivity contribution in [3.63, 3.8) is 0 Å². The van der Waals surface area contributed by atoms with Crippen LogP contribution in [0, 0.1) is 0 Å². The molecule has 0 saturated carbocycles. The number of ether oxygens (including phenoxy) is 3. The Bertz CT molecular complexity index is 1500. The van der Waals surface area contributed by atoms with E-state index in [-0.39, 0.29) is 17.5 Å². The highest BCUT2D eigenvalue weighted by atomic mass is 32.2. The average Bonchev–Trinajstić information content (AvgIpc) is 3.29. The summed E-state index contributed by atoms with van der Waals surface area (Å²) in [7, 11) is 4.47. The van der Waals surface area contributed by atoms with E-state index in [1.165, 1.54) is 20.4 Å². The Kier molecular flexibility index (Phi) is 9.38. The van der Waals surface area contributed by atoms with E-state index < -0.39 is 22.3 Å². The van der Waals surface area contributed by atoms with Gasteiger partial charge in [-0.3, -0.25) is 0 Å². The van der Waals surface area contributed by atoms with Gasteiger partial charge in [0.1, 0.15) is 17.4 Å². The molecule has 2 aromatic carbocycles. The van der Waals surface area contributed by atoms with Crippen LogP contribution in [-0.4, -0.2) is 81.0 Å². The van der Waals surface area contributed by atoms with Crippen LogP contribution in [0.4, 0.5) is 17.1 Å². The third kappa shape index (κ3) is 7.27. The van der Waals surface area contributed by atoms with Crippen LogP contribution in [0.2, 0.25) is 0 Å². The molecule has 3 aromatic rings. The van der Waals surface area contributed by atoms with Crippen molar-refractivity contribution in [1.82, 2.24) is 19.2 Å². The summed E-state index contributed by atoms with van der Waals surface area (Å²) >= 11 is 0. The minimum atomic E-state index is -4.08. The van der Waals surface area contributed by atoms with Crippen LogP contribution in [-0.2, 0) is 23.6 Å². The van der Waals surface area contributed by atoms with Crippen LogP contribution >= 0.6 is 0 Å². The number of benzene rings is 2. The van der Waals surface area contributed by atoms with Crippen LogP contribution in [0.15, 0.2) is 52.6 Å². The number of hydrogen-bond donors (Lipinski definition) is 4. The molecule has 4 N–H and O–H groups in total. The number of amidine groups is 1. The molecule has 222 valence electrons. The van der Waals surface area contributed by atoms with Crippen molar-refractivity contribution in [2.75, 3.05) is 45.6 Å². The van der Waals surface area contributed by atoms with Gasteiger partial charge in [0, 0.05) is 31.8 Å². The third-order valence-corrected chi connectivity index (χ3v) is 7.50. The number of aliphatic hydroxyl groups is 1. The number of hydrogen-bond acceptors (Lipinski definition) is 11. The van der Waals surface area contributed by atoms with E-state index in [1.54, 1.807) is 30.7 Å². The van der Waals surface area contributed by atoms with E-state index in [1.807, 2.05) is 43.3 Å². The third-order valence-electron chi connectivity index (χ3n) is 6.20. The Labute approximate surface area is 240 Å².